The van der Waals surface area contributed by atoms with Crippen LogP contribution in [-0.4, -0.2) is 30.8 Å². The van der Waals surface area contributed by atoms with E-state index >= 15 is 0 Å². The summed E-state index contributed by atoms with van der Waals surface area (Å²) in [5.41, 5.74) is 1.37. The molecule has 1 aromatic carbocycles. The van der Waals surface area contributed by atoms with Crippen LogP contribution in [0.5, 0.6) is 0 Å². The molecule has 0 radical (unpaired) electrons. The fraction of sp³-hybridized carbons (Fsp3) is 0.500. The summed E-state index contributed by atoms with van der Waals surface area (Å²) in [5, 5.41) is 12.3. The zero-order valence-corrected chi connectivity index (χ0v) is 12.3. The number of nitrogens with one attached hydrogen (secondary N) is 1. The van der Waals surface area contributed by atoms with E-state index in [0.717, 1.165) is 42.8 Å². The van der Waals surface area contributed by atoms with Crippen LogP contribution < -0.4 is 5.32 Å². The van der Waals surface area contributed by atoms with E-state index in [1.165, 1.54) is 6.42 Å². The predicted molar refractivity (Wildman–Crippen MR) is 76.4 cm³/mol. The first-order valence-electron chi connectivity index (χ1n) is 6.47. The number of halogens is 1. The average Bonchev–Trinajstić information content (AvgIpc) is 2.41. The van der Waals surface area contributed by atoms with Crippen molar-refractivity contribution in [1.82, 2.24) is 5.32 Å². The summed E-state index contributed by atoms with van der Waals surface area (Å²) in [6.07, 6.45) is 2.36. The van der Waals surface area contributed by atoms with Crippen molar-refractivity contribution < 1.29 is 14.6 Å². The van der Waals surface area contributed by atoms with Gasteiger partial charge in [0.1, 0.15) is 0 Å². The number of aromatic carboxylic acids is 1. The molecule has 4 nitrogen and oxygen atoms in total. The number of carbonyl (C=O) groups is 1. The van der Waals surface area contributed by atoms with E-state index in [-0.39, 0.29) is 0 Å². The van der Waals surface area contributed by atoms with E-state index < -0.39 is 5.97 Å². The third-order valence-corrected chi connectivity index (χ3v) is 4.04. The van der Waals surface area contributed by atoms with Crippen LogP contribution in [0, 0.1) is 5.92 Å². The highest BCUT2D eigenvalue weighted by Gasteiger charge is 2.13. The quantitative estimate of drug-likeness (QED) is 0.872. The first kappa shape index (κ1) is 14.5. The number of rotatable bonds is 5. The molecule has 1 aromatic rings. The Balaban J connectivity index is 1.83. The van der Waals surface area contributed by atoms with E-state index in [1.54, 1.807) is 12.1 Å². The molecule has 5 heteroatoms. The van der Waals surface area contributed by atoms with Crippen molar-refractivity contribution in [1.29, 1.82) is 0 Å². The molecule has 0 spiro atoms. The SMILES string of the molecule is O=C(O)c1ccc(CNCC2CCCOC2)c(Br)c1. The Morgan fingerprint density at radius 2 is 2.37 bits per heavy atom. The van der Waals surface area contributed by atoms with Crippen LogP contribution in [-0.2, 0) is 11.3 Å². The summed E-state index contributed by atoms with van der Waals surface area (Å²) in [7, 11) is 0. The fourth-order valence-electron chi connectivity index (χ4n) is 2.20. The van der Waals surface area contributed by atoms with Gasteiger partial charge in [-0.2, -0.15) is 0 Å². The van der Waals surface area contributed by atoms with Crippen LogP contribution in [0.4, 0.5) is 0 Å². The van der Waals surface area contributed by atoms with Crippen LogP contribution in [0.25, 0.3) is 0 Å². The predicted octanol–water partition coefficient (Wildman–Crippen LogP) is 2.66. The molecule has 1 saturated heterocycles. The lowest BCUT2D eigenvalue weighted by molar-refractivity contribution is 0.0547. The molecule has 0 amide bonds. The highest BCUT2D eigenvalue weighted by Crippen LogP contribution is 2.19. The van der Waals surface area contributed by atoms with Crippen molar-refractivity contribution in [3.63, 3.8) is 0 Å². The van der Waals surface area contributed by atoms with Crippen molar-refractivity contribution in [2.24, 2.45) is 5.92 Å². The van der Waals surface area contributed by atoms with E-state index in [4.69, 9.17) is 9.84 Å². The Labute approximate surface area is 121 Å². The number of hydrogen-bond donors (Lipinski definition) is 2. The number of ether oxygens (including phenoxy) is 1. The number of benzene rings is 1. The molecule has 104 valence electrons. The fourth-order valence-corrected chi connectivity index (χ4v) is 2.72. The summed E-state index contributed by atoms with van der Waals surface area (Å²) in [6.45, 7) is 3.40. The van der Waals surface area contributed by atoms with E-state index in [0.29, 0.717) is 11.5 Å². The Hall–Kier alpha value is -0.910. The Kier molecular flexibility index (Phi) is 5.36. The monoisotopic (exact) mass is 327 g/mol. The summed E-state index contributed by atoms with van der Waals surface area (Å²) < 4.78 is 6.27. The van der Waals surface area contributed by atoms with Gasteiger partial charge in [0, 0.05) is 24.2 Å². The normalized spacial score (nSPS) is 19.3. The first-order valence-corrected chi connectivity index (χ1v) is 7.26. The summed E-state index contributed by atoms with van der Waals surface area (Å²) in [6, 6.07) is 5.12. The molecular formula is C14H18BrNO3. The van der Waals surface area contributed by atoms with Gasteiger partial charge >= 0.3 is 5.97 Å². The number of hydrogen-bond acceptors (Lipinski definition) is 3. The molecule has 1 aliphatic rings. The highest BCUT2D eigenvalue weighted by molar-refractivity contribution is 9.10. The molecule has 0 bridgehead atoms. The first-order chi connectivity index (χ1) is 9.16. The molecule has 2 N–H and O–H groups in total. The zero-order chi connectivity index (χ0) is 13.7. The molecular weight excluding hydrogens is 310 g/mol. The molecule has 0 aromatic heterocycles. The van der Waals surface area contributed by atoms with Gasteiger partial charge in [-0.15, -0.1) is 0 Å². The largest absolute Gasteiger partial charge is 0.478 e. The topological polar surface area (TPSA) is 58.6 Å². The molecule has 0 saturated carbocycles. The minimum atomic E-state index is -0.903. The Bertz CT molecular complexity index is 444. The number of carboxylic acid groups (broad SMARTS) is 1. The van der Waals surface area contributed by atoms with E-state index in [9.17, 15) is 4.79 Å². The lowest BCUT2D eigenvalue weighted by Crippen LogP contribution is -2.28. The molecule has 1 fully saturated rings. The van der Waals surface area contributed by atoms with Crippen molar-refractivity contribution in [2.45, 2.75) is 19.4 Å². The highest BCUT2D eigenvalue weighted by atomic mass is 79.9. The van der Waals surface area contributed by atoms with Gasteiger partial charge in [-0.3, -0.25) is 0 Å². The van der Waals surface area contributed by atoms with Gasteiger partial charge < -0.3 is 15.2 Å². The molecule has 1 heterocycles. The second-order valence-corrected chi connectivity index (χ2v) is 5.68. The lowest BCUT2D eigenvalue weighted by Gasteiger charge is -2.22. The van der Waals surface area contributed by atoms with Gasteiger partial charge in [-0.25, -0.2) is 4.79 Å². The third kappa shape index (κ3) is 4.30. The van der Waals surface area contributed by atoms with Gasteiger partial charge in [-0.1, -0.05) is 22.0 Å². The second kappa shape index (κ2) is 7.03. The summed E-state index contributed by atoms with van der Waals surface area (Å²) in [4.78, 5) is 10.8. The van der Waals surface area contributed by atoms with Gasteiger partial charge in [0.05, 0.1) is 12.2 Å². The van der Waals surface area contributed by atoms with Crippen LogP contribution in [0.15, 0.2) is 22.7 Å². The van der Waals surface area contributed by atoms with Gasteiger partial charge in [-0.05, 0) is 36.5 Å². The molecule has 19 heavy (non-hydrogen) atoms. The second-order valence-electron chi connectivity index (χ2n) is 4.83. The number of carboxylic acids is 1. The van der Waals surface area contributed by atoms with Crippen LogP contribution in [0.1, 0.15) is 28.8 Å². The smallest absolute Gasteiger partial charge is 0.335 e. The van der Waals surface area contributed by atoms with Crippen LogP contribution in [0.2, 0.25) is 0 Å². The minimum Gasteiger partial charge on any atom is -0.478 e. The molecule has 1 aliphatic heterocycles. The summed E-state index contributed by atoms with van der Waals surface area (Å²) >= 11 is 3.41. The van der Waals surface area contributed by atoms with Crippen molar-refractivity contribution in [2.75, 3.05) is 19.8 Å². The summed E-state index contributed by atoms with van der Waals surface area (Å²) in [5.74, 6) is -0.314. The van der Waals surface area contributed by atoms with Gasteiger partial charge in [0.2, 0.25) is 0 Å². The van der Waals surface area contributed by atoms with E-state index in [2.05, 4.69) is 21.2 Å². The Morgan fingerprint density at radius 3 is 3.00 bits per heavy atom. The third-order valence-electron chi connectivity index (χ3n) is 3.30. The maximum absolute atomic E-state index is 10.8. The van der Waals surface area contributed by atoms with E-state index in [1.807, 2.05) is 6.07 Å². The molecule has 1 unspecified atom stereocenters. The maximum Gasteiger partial charge on any atom is 0.335 e. The Morgan fingerprint density at radius 1 is 1.53 bits per heavy atom. The molecule has 1 atom stereocenters. The maximum atomic E-state index is 10.8. The molecule has 0 aliphatic carbocycles. The lowest BCUT2D eigenvalue weighted by atomic mass is 10.0. The van der Waals surface area contributed by atoms with Gasteiger partial charge in [0.15, 0.2) is 0 Å². The van der Waals surface area contributed by atoms with Crippen molar-refractivity contribution in [3.05, 3.63) is 33.8 Å². The molecule has 2 rings (SSSR count). The van der Waals surface area contributed by atoms with Crippen molar-refractivity contribution in [3.8, 4) is 0 Å². The van der Waals surface area contributed by atoms with Crippen molar-refractivity contribution >= 4 is 21.9 Å². The average molecular weight is 328 g/mol. The van der Waals surface area contributed by atoms with Crippen LogP contribution >= 0.6 is 15.9 Å². The van der Waals surface area contributed by atoms with Crippen LogP contribution in [0.3, 0.4) is 0 Å². The minimum absolute atomic E-state index is 0.302. The van der Waals surface area contributed by atoms with Gasteiger partial charge in [0.25, 0.3) is 0 Å². The zero-order valence-electron chi connectivity index (χ0n) is 10.7. The standard InChI is InChI=1S/C14H18BrNO3/c15-13-6-11(14(17)18)3-4-12(13)8-16-7-10-2-1-5-19-9-10/h3-4,6,10,16H,1-2,5,7-9H2,(H,17,18).